The van der Waals surface area contributed by atoms with Crippen molar-refractivity contribution in [3.05, 3.63) is 44.7 Å². The number of aromatic nitrogens is 1. The first kappa shape index (κ1) is 21.8. The van der Waals surface area contributed by atoms with Crippen molar-refractivity contribution in [3.8, 4) is 0 Å². The van der Waals surface area contributed by atoms with E-state index in [1.165, 1.54) is 17.4 Å². The molecule has 1 atom stereocenters. The van der Waals surface area contributed by atoms with E-state index in [4.69, 9.17) is 0 Å². The normalized spacial score (nSPS) is 16.8. The van der Waals surface area contributed by atoms with Crippen LogP contribution in [0.4, 0.5) is 20.9 Å². The fraction of sp³-hybridized carbons (Fsp3) is 0.421. The van der Waals surface area contributed by atoms with E-state index < -0.39 is 16.4 Å². The zero-order valence-corrected chi connectivity index (χ0v) is 17.4. The molecule has 0 radical (unpaired) electrons. The van der Waals surface area contributed by atoms with Gasteiger partial charge in [0, 0.05) is 29.2 Å². The van der Waals surface area contributed by atoms with Gasteiger partial charge in [-0.25, -0.2) is 4.98 Å². The minimum absolute atomic E-state index is 0.146. The fourth-order valence-corrected chi connectivity index (χ4v) is 4.11. The minimum atomic E-state index is -1.01. The number of benzene rings is 1. The lowest BCUT2D eigenvalue weighted by Gasteiger charge is -2.31. The molecule has 2 N–H and O–H groups in total. The standard InChI is InChI=1S/C19H22FN5O4S/c1-11-12(2)30-19(21-11)23-17(26)10-24-7-3-4-13(9-24)18(27)22-14-5-6-16(25(28)29)15(20)8-14/h5-6,8,13H,3-4,7,9-10H2,1-2H3,(H,22,27)(H,21,23,26). The molecule has 0 bridgehead atoms. The van der Waals surface area contributed by atoms with Gasteiger partial charge < -0.3 is 10.6 Å². The molecule has 0 saturated carbocycles. The molecule has 1 aromatic carbocycles. The number of hydrogen-bond acceptors (Lipinski definition) is 7. The zero-order chi connectivity index (χ0) is 21.8. The van der Waals surface area contributed by atoms with Crippen molar-refractivity contribution in [1.29, 1.82) is 0 Å². The van der Waals surface area contributed by atoms with Gasteiger partial charge in [0.05, 0.1) is 23.1 Å². The number of amides is 2. The second-order valence-corrected chi connectivity index (χ2v) is 8.40. The van der Waals surface area contributed by atoms with Crippen LogP contribution in [0, 0.1) is 35.7 Å². The van der Waals surface area contributed by atoms with Crippen molar-refractivity contribution in [2.75, 3.05) is 30.3 Å². The SMILES string of the molecule is Cc1nc(NC(=O)CN2CCCC(C(=O)Nc3ccc([N+](=O)[O-])c(F)c3)C2)sc1C. The summed E-state index contributed by atoms with van der Waals surface area (Å²) < 4.78 is 13.8. The van der Waals surface area contributed by atoms with Crippen LogP contribution in [0.1, 0.15) is 23.4 Å². The van der Waals surface area contributed by atoms with Crippen molar-refractivity contribution < 1.29 is 18.9 Å². The van der Waals surface area contributed by atoms with E-state index in [0.717, 1.165) is 29.1 Å². The highest BCUT2D eigenvalue weighted by atomic mass is 32.1. The Morgan fingerprint density at radius 2 is 2.13 bits per heavy atom. The summed E-state index contributed by atoms with van der Waals surface area (Å²) >= 11 is 1.42. The van der Waals surface area contributed by atoms with Crippen LogP contribution in [-0.2, 0) is 9.59 Å². The molecule has 0 spiro atoms. The van der Waals surface area contributed by atoms with Gasteiger partial charge >= 0.3 is 5.69 Å². The minimum Gasteiger partial charge on any atom is -0.326 e. The number of nitro benzene ring substituents is 1. The molecule has 2 heterocycles. The van der Waals surface area contributed by atoms with E-state index in [2.05, 4.69) is 15.6 Å². The predicted octanol–water partition coefficient (Wildman–Crippen LogP) is 3.10. The Morgan fingerprint density at radius 1 is 1.37 bits per heavy atom. The molecule has 1 aromatic heterocycles. The van der Waals surface area contributed by atoms with Crippen LogP contribution in [0.3, 0.4) is 0 Å². The van der Waals surface area contributed by atoms with Gasteiger partial charge in [-0.3, -0.25) is 24.6 Å². The van der Waals surface area contributed by atoms with Gasteiger partial charge in [-0.2, -0.15) is 4.39 Å². The Hall–Kier alpha value is -2.92. The van der Waals surface area contributed by atoms with Gasteiger partial charge in [-0.05, 0) is 39.3 Å². The lowest BCUT2D eigenvalue weighted by atomic mass is 9.97. The fourth-order valence-electron chi connectivity index (χ4n) is 3.28. The molecule has 9 nitrogen and oxygen atoms in total. The number of thiazole rings is 1. The highest BCUT2D eigenvalue weighted by Crippen LogP contribution is 2.24. The number of carbonyl (C=O) groups is 2. The van der Waals surface area contributed by atoms with Crippen molar-refractivity contribution >= 4 is 39.7 Å². The van der Waals surface area contributed by atoms with Crippen LogP contribution in [0.15, 0.2) is 18.2 Å². The molecule has 3 rings (SSSR count). The van der Waals surface area contributed by atoms with E-state index in [1.54, 1.807) is 0 Å². The van der Waals surface area contributed by atoms with Crippen molar-refractivity contribution in [2.24, 2.45) is 5.92 Å². The van der Waals surface area contributed by atoms with Crippen LogP contribution >= 0.6 is 11.3 Å². The number of nitrogens with one attached hydrogen (secondary N) is 2. The average Bonchev–Trinajstić information content (AvgIpc) is 2.98. The van der Waals surface area contributed by atoms with Gasteiger partial charge in [0.25, 0.3) is 0 Å². The Kier molecular flexibility index (Phi) is 6.73. The summed E-state index contributed by atoms with van der Waals surface area (Å²) in [4.78, 5) is 42.0. The van der Waals surface area contributed by atoms with E-state index in [1.807, 2.05) is 18.7 Å². The van der Waals surface area contributed by atoms with Crippen molar-refractivity contribution in [1.82, 2.24) is 9.88 Å². The third-order valence-corrected chi connectivity index (χ3v) is 5.92. The van der Waals surface area contributed by atoms with Gasteiger partial charge in [-0.1, -0.05) is 0 Å². The lowest BCUT2D eigenvalue weighted by Crippen LogP contribution is -2.44. The first-order valence-electron chi connectivity index (χ1n) is 9.44. The number of hydrogen-bond donors (Lipinski definition) is 2. The quantitative estimate of drug-likeness (QED) is 0.532. The first-order chi connectivity index (χ1) is 14.2. The van der Waals surface area contributed by atoms with Gasteiger partial charge in [-0.15, -0.1) is 11.3 Å². The number of likely N-dealkylation sites (tertiary alicyclic amines) is 1. The third-order valence-electron chi connectivity index (χ3n) is 4.93. The van der Waals surface area contributed by atoms with E-state index in [0.29, 0.717) is 24.6 Å². The summed E-state index contributed by atoms with van der Waals surface area (Å²) in [5, 5.41) is 16.6. The van der Waals surface area contributed by atoms with Crippen LogP contribution in [-0.4, -0.2) is 46.3 Å². The zero-order valence-electron chi connectivity index (χ0n) is 16.6. The summed E-state index contributed by atoms with van der Waals surface area (Å²) in [7, 11) is 0. The van der Waals surface area contributed by atoms with Crippen LogP contribution in [0.2, 0.25) is 0 Å². The Labute approximate surface area is 176 Å². The topological polar surface area (TPSA) is 117 Å². The first-order valence-corrected chi connectivity index (χ1v) is 10.3. The van der Waals surface area contributed by atoms with Crippen LogP contribution < -0.4 is 10.6 Å². The molecule has 30 heavy (non-hydrogen) atoms. The van der Waals surface area contributed by atoms with E-state index in [9.17, 15) is 24.1 Å². The highest BCUT2D eigenvalue weighted by molar-refractivity contribution is 7.15. The second-order valence-electron chi connectivity index (χ2n) is 7.20. The molecule has 1 unspecified atom stereocenters. The maximum absolute atomic E-state index is 13.8. The monoisotopic (exact) mass is 435 g/mol. The van der Waals surface area contributed by atoms with Gasteiger partial charge in [0.15, 0.2) is 5.13 Å². The maximum Gasteiger partial charge on any atom is 0.304 e. The smallest absolute Gasteiger partial charge is 0.304 e. The molecule has 11 heteroatoms. The molecular weight excluding hydrogens is 413 g/mol. The summed E-state index contributed by atoms with van der Waals surface area (Å²) in [5.41, 5.74) is 0.397. The average molecular weight is 435 g/mol. The summed E-state index contributed by atoms with van der Waals surface area (Å²) in [6.07, 6.45) is 1.39. The molecule has 1 aliphatic heterocycles. The number of carbonyl (C=O) groups excluding carboxylic acids is 2. The molecule has 160 valence electrons. The third kappa shape index (κ3) is 5.36. The molecule has 0 aliphatic carbocycles. The molecule has 2 aromatic rings. The predicted molar refractivity (Wildman–Crippen MR) is 111 cm³/mol. The van der Waals surface area contributed by atoms with Crippen LogP contribution in [0.5, 0.6) is 0 Å². The maximum atomic E-state index is 13.8. The number of nitro groups is 1. The number of anilines is 2. The Balaban J connectivity index is 1.54. The lowest BCUT2D eigenvalue weighted by molar-refractivity contribution is -0.387. The number of nitrogens with zero attached hydrogens (tertiary/aromatic N) is 3. The Bertz CT molecular complexity index is 960. The second kappa shape index (κ2) is 9.26. The summed E-state index contributed by atoms with van der Waals surface area (Å²) in [6, 6.07) is 3.25. The van der Waals surface area contributed by atoms with Gasteiger partial charge in [0.1, 0.15) is 0 Å². The molecule has 1 aliphatic rings. The number of halogens is 1. The van der Waals surface area contributed by atoms with Gasteiger partial charge in [0.2, 0.25) is 17.6 Å². The molecule has 1 fully saturated rings. The largest absolute Gasteiger partial charge is 0.326 e. The number of aryl methyl sites for hydroxylation is 2. The summed E-state index contributed by atoms with van der Waals surface area (Å²) in [6.45, 7) is 5.05. The summed E-state index contributed by atoms with van der Waals surface area (Å²) in [5.74, 6) is -1.87. The molecule has 2 amide bonds. The van der Waals surface area contributed by atoms with Crippen molar-refractivity contribution in [3.63, 3.8) is 0 Å². The molecular formula is C19H22FN5O4S. The number of piperidine rings is 1. The highest BCUT2D eigenvalue weighted by Gasteiger charge is 2.27. The van der Waals surface area contributed by atoms with E-state index in [-0.39, 0.29) is 30.0 Å². The molecule has 1 saturated heterocycles. The van der Waals surface area contributed by atoms with Crippen molar-refractivity contribution in [2.45, 2.75) is 26.7 Å². The number of rotatable bonds is 6. The van der Waals surface area contributed by atoms with E-state index >= 15 is 0 Å². The Morgan fingerprint density at radius 3 is 2.77 bits per heavy atom. The van der Waals surface area contributed by atoms with Crippen LogP contribution in [0.25, 0.3) is 0 Å².